The molecule has 0 aliphatic carbocycles. The Morgan fingerprint density at radius 2 is 1.87 bits per heavy atom. The second-order valence-electron chi connectivity index (χ2n) is 4.48. The molecule has 15 heavy (non-hydrogen) atoms. The van der Waals surface area contributed by atoms with Crippen molar-refractivity contribution < 1.29 is 9.59 Å². The Labute approximate surface area is 92.6 Å². The molecule has 0 unspecified atom stereocenters. The van der Waals surface area contributed by atoms with E-state index in [0.717, 1.165) is 12.8 Å². The Bertz CT molecular complexity index is 212. The minimum atomic E-state index is -0.0863. The van der Waals surface area contributed by atoms with E-state index in [1.807, 2.05) is 13.8 Å². The van der Waals surface area contributed by atoms with Gasteiger partial charge in [-0.05, 0) is 32.7 Å². The standard InChI is InChI=1S/C12H23NO2/c1-9(2)8-11(15)6-5-7-12(13-4)10(3)14/h9,12-13H,5-8H2,1-4H3/t12-/m0/s1. The zero-order chi connectivity index (χ0) is 11.8. The van der Waals surface area contributed by atoms with Crippen LogP contribution >= 0.6 is 0 Å². The van der Waals surface area contributed by atoms with E-state index in [2.05, 4.69) is 5.32 Å². The lowest BCUT2D eigenvalue weighted by Crippen LogP contribution is -2.32. The quantitative estimate of drug-likeness (QED) is 0.670. The second kappa shape index (κ2) is 7.57. The van der Waals surface area contributed by atoms with E-state index in [9.17, 15) is 9.59 Å². The second-order valence-corrected chi connectivity index (χ2v) is 4.48. The van der Waals surface area contributed by atoms with E-state index in [1.54, 1.807) is 14.0 Å². The number of carbonyl (C=O) groups excluding carboxylic acids is 2. The molecular formula is C12H23NO2. The number of nitrogens with one attached hydrogen (secondary N) is 1. The van der Waals surface area contributed by atoms with E-state index in [-0.39, 0.29) is 11.8 Å². The molecule has 0 fully saturated rings. The first-order valence-electron chi connectivity index (χ1n) is 5.66. The van der Waals surface area contributed by atoms with Gasteiger partial charge < -0.3 is 5.32 Å². The third-order valence-electron chi connectivity index (χ3n) is 2.42. The van der Waals surface area contributed by atoms with Gasteiger partial charge in [0.1, 0.15) is 11.6 Å². The molecule has 0 saturated heterocycles. The lowest BCUT2D eigenvalue weighted by atomic mass is 10.0. The Kier molecular flexibility index (Phi) is 7.22. The van der Waals surface area contributed by atoms with Crippen LogP contribution in [0.2, 0.25) is 0 Å². The molecule has 3 nitrogen and oxygen atoms in total. The molecule has 3 heteroatoms. The molecule has 0 bridgehead atoms. The molecule has 1 N–H and O–H groups in total. The Morgan fingerprint density at radius 3 is 2.27 bits per heavy atom. The van der Waals surface area contributed by atoms with Crippen molar-refractivity contribution in [2.24, 2.45) is 5.92 Å². The Morgan fingerprint density at radius 1 is 1.27 bits per heavy atom. The maximum absolute atomic E-state index is 11.4. The largest absolute Gasteiger partial charge is 0.311 e. The Balaban J connectivity index is 3.68. The van der Waals surface area contributed by atoms with Crippen LogP contribution in [0.4, 0.5) is 0 Å². The van der Waals surface area contributed by atoms with Crippen LogP contribution in [0.1, 0.15) is 46.5 Å². The number of rotatable bonds is 8. The summed E-state index contributed by atoms with van der Waals surface area (Å²) in [5.74, 6) is 0.891. The number of carbonyl (C=O) groups is 2. The van der Waals surface area contributed by atoms with Crippen LogP contribution in [0, 0.1) is 5.92 Å². The van der Waals surface area contributed by atoms with Crippen molar-refractivity contribution in [2.75, 3.05) is 7.05 Å². The van der Waals surface area contributed by atoms with Crippen molar-refractivity contribution >= 4 is 11.6 Å². The zero-order valence-electron chi connectivity index (χ0n) is 10.3. The van der Waals surface area contributed by atoms with Crippen molar-refractivity contribution in [3.05, 3.63) is 0 Å². The molecular weight excluding hydrogens is 190 g/mol. The summed E-state index contributed by atoms with van der Waals surface area (Å²) in [6.07, 6.45) is 2.82. The fraction of sp³-hybridized carbons (Fsp3) is 0.833. The molecule has 0 amide bonds. The average Bonchev–Trinajstić information content (AvgIpc) is 2.10. The summed E-state index contributed by atoms with van der Waals surface area (Å²) in [5, 5.41) is 2.96. The number of hydrogen-bond donors (Lipinski definition) is 1. The number of likely N-dealkylation sites (N-methyl/N-ethyl adjacent to an activating group) is 1. The van der Waals surface area contributed by atoms with Gasteiger partial charge in [0, 0.05) is 12.8 Å². The maximum atomic E-state index is 11.4. The summed E-state index contributed by atoms with van der Waals surface area (Å²) in [4.78, 5) is 22.5. The first-order chi connectivity index (χ1) is 6.97. The molecule has 1 atom stereocenters. The fourth-order valence-electron chi connectivity index (χ4n) is 1.61. The van der Waals surface area contributed by atoms with Gasteiger partial charge in [-0.15, -0.1) is 0 Å². The van der Waals surface area contributed by atoms with Crippen molar-refractivity contribution in [2.45, 2.75) is 52.5 Å². The van der Waals surface area contributed by atoms with E-state index < -0.39 is 0 Å². The van der Waals surface area contributed by atoms with Gasteiger partial charge in [0.25, 0.3) is 0 Å². The van der Waals surface area contributed by atoms with Gasteiger partial charge in [0.15, 0.2) is 0 Å². The van der Waals surface area contributed by atoms with E-state index in [1.165, 1.54) is 0 Å². The molecule has 0 aliphatic heterocycles. The topological polar surface area (TPSA) is 46.2 Å². The van der Waals surface area contributed by atoms with Gasteiger partial charge in [-0.3, -0.25) is 9.59 Å². The number of Topliss-reactive ketones (excluding diaryl/α,β-unsaturated/α-hetero) is 2. The van der Waals surface area contributed by atoms with Gasteiger partial charge in [0.05, 0.1) is 6.04 Å². The lowest BCUT2D eigenvalue weighted by molar-refractivity contribution is -0.121. The molecule has 0 rings (SSSR count). The zero-order valence-corrected chi connectivity index (χ0v) is 10.3. The highest BCUT2D eigenvalue weighted by atomic mass is 16.1. The van der Waals surface area contributed by atoms with Crippen LogP contribution < -0.4 is 5.32 Å². The summed E-state index contributed by atoms with van der Waals surface area (Å²) in [6, 6.07) is -0.0863. The van der Waals surface area contributed by atoms with E-state index in [0.29, 0.717) is 24.5 Å². The van der Waals surface area contributed by atoms with Crippen molar-refractivity contribution in [3.8, 4) is 0 Å². The summed E-state index contributed by atoms with van der Waals surface area (Å²) in [5.41, 5.74) is 0. The summed E-state index contributed by atoms with van der Waals surface area (Å²) in [6.45, 7) is 5.67. The van der Waals surface area contributed by atoms with Gasteiger partial charge in [-0.1, -0.05) is 13.8 Å². The summed E-state index contributed by atoms with van der Waals surface area (Å²) in [7, 11) is 1.78. The smallest absolute Gasteiger partial charge is 0.146 e. The molecule has 0 aliphatic rings. The third kappa shape index (κ3) is 7.25. The summed E-state index contributed by atoms with van der Waals surface area (Å²) >= 11 is 0. The predicted molar refractivity (Wildman–Crippen MR) is 61.8 cm³/mol. The third-order valence-corrected chi connectivity index (χ3v) is 2.42. The first kappa shape index (κ1) is 14.3. The number of hydrogen-bond acceptors (Lipinski definition) is 3. The molecule has 0 radical (unpaired) electrons. The van der Waals surface area contributed by atoms with Crippen LogP contribution in [0.3, 0.4) is 0 Å². The van der Waals surface area contributed by atoms with Gasteiger partial charge in [0.2, 0.25) is 0 Å². The van der Waals surface area contributed by atoms with Crippen LogP contribution in [-0.4, -0.2) is 24.7 Å². The highest BCUT2D eigenvalue weighted by Gasteiger charge is 2.12. The monoisotopic (exact) mass is 213 g/mol. The molecule has 0 aromatic heterocycles. The minimum Gasteiger partial charge on any atom is -0.311 e. The Hall–Kier alpha value is -0.700. The normalized spacial score (nSPS) is 12.9. The minimum absolute atomic E-state index is 0.0863. The van der Waals surface area contributed by atoms with Gasteiger partial charge in [-0.2, -0.15) is 0 Å². The SMILES string of the molecule is CN[C@@H](CCCC(=O)CC(C)C)C(C)=O. The maximum Gasteiger partial charge on any atom is 0.146 e. The van der Waals surface area contributed by atoms with Crippen molar-refractivity contribution in [3.63, 3.8) is 0 Å². The predicted octanol–water partition coefficient (Wildman–Crippen LogP) is 1.95. The van der Waals surface area contributed by atoms with Crippen LogP contribution in [0.25, 0.3) is 0 Å². The molecule has 0 heterocycles. The first-order valence-corrected chi connectivity index (χ1v) is 5.66. The van der Waals surface area contributed by atoms with Crippen LogP contribution in [-0.2, 0) is 9.59 Å². The lowest BCUT2D eigenvalue weighted by Gasteiger charge is -2.11. The fourth-order valence-corrected chi connectivity index (χ4v) is 1.61. The van der Waals surface area contributed by atoms with Crippen molar-refractivity contribution in [1.82, 2.24) is 5.32 Å². The molecule has 88 valence electrons. The van der Waals surface area contributed by atoms with Gasteiger partial charge >= 0.3 is 0 Å². The summed E-state index contributed by atoms with van der Waals surface area (Å²) < 4.78 is 0. The van der Waals surface area contributed by atoms with Gasteiger partial charge in [-0.25, -0.2) is 0 Å². The van der Waals surface area contributed by atoms with Crippen LogP contribution in [0.5, 0.6) is 0 Å². The molecule has 0 aromatic rings. The molecule has 0 aromatic carbocycles. The number of ketones is 2. The van der Waals surface area contributed by atoms with E-state index in [4.69, 9.17) is 0 Å². The molecule has 0 saturated carbocycles. The molecule has 0 spiro atoms. The van der Waals surface area contributed by atoms with E-state index >= 15 is 0 Å². The highest BCUT2D eigenvalue weighted by Crippen LogP contribution is 2.08. The van der Waals surface area contributed by atoms with Crippen LogP contribution in [0.15, 0.2) is 0 Å². The average molecular weight is 213 g/mol. The van der Waals surface area contributed by atoms with Crippen molar-refractivity contribution in [1.29, 1.82) is 0 Å². The highest BCUT2D eigenvalue weighted by molar-refractivity contribution is 5.81.